The third-order valence-electron chi connectivity index (χ3n) is 4.55. The molecule has 1 saturated heterocycles. The van der Waals surface area contributed by atoms with E-state index in [0.29, 0.717) is 24.6 Å². The molecular formula is C19H26N4O2. The Labute approximate surface area is 148 Å². The summed E-state index contributed by atoms with van der Waals surface area (Å²) < 4.78 is 5.21. The van der Waals surface area contributed by atoms with Gasteiger partial charge in [-0.2, -0.15) is 4.98 Å². The van der Waals surface area contributed by atoms with Crippen molar-refractivity contribution >= 4 is 11.6 Å². The molecular weight excluding hydrogens is 316 g/mol. The predicted octanol–water partition coefficient (Wildman–Crippen LogP) is 2.78. The van der Waals surface area contributed by atoms with E-state index in [1.165, 1.54) is 11.3 Å². The zero-order chi connectivity index (χ0) is 17.8. The van der Waals surface area contributed by atoms with Crippen LogP contribution in [0.15, 0.2) is 28.8 Å². The minimum absolute atomic E-state index is 0.160. The Kier molecular flexibility index (Phi) is 5.36. The first-order valence-electron chi connectivity index (χ1n) is 8.95. The second-order valence-electron chi connectivity index (χ2n) is 6.91. The van der Waals surface area contributed by atoms with Crippen LogP contribution in [0.3, 0.4) is 0 Å². The first kappa shape index (κ1) is 17.5. The van der Waals surface area contributed by atoms with Crippen LogP contribution in [0.1, 0.15) is 43.5 Å². The van der Waals surface area contributed by atoms with Crippen molar-refractivity contribution in [1.82, 2.24) is 15.0 Å². The van der Waals surface area contributed by atoms with Crippen LogP contribution in [0, 0.1) is 6.92 Å². The van der Waals surface area contributed by atoms with Gasteiger partial charge in [-0.15, -0.1) is 0 Å². The number of nitrogens with zero attached hydrogens (tertiary/aromatic N) is 4. The van der Waals surface area contributed by atoms with E-state index < -0.39 is 0 Å². The van der Waals surface area contributed by atoms with Crippen molar-refractivity contribution in [3.8, 4) is 0 Å². The van der Waals surface area contributed by atoms with Crippen LogP contribution in [0.4, 0.5) is 5.69 Å². The van der Waals surface area contributed by atoms with Gasteiger partial charge in [-0.1, -0.05) is 31.1 Å². The number of aromatic nitrogens is 2. The molecule has 0 spiro atoms. The molecule has 1 aromatic heterocycles. The molecule has 0 aliphatic carbocycles. The molecule has 1 amide bonds. The summed E-state index contributed by atoms with van der Waals surface area (Å²) in [4.78, 5) is 21.0. The van der Waals surface area contributed by atoms with E-state index >= 15 is 0 Å². The van der Waals surface area contributed by atoms with Crippen LogP contribution in [-0.4, -0.2) is 47.1 Å². The van der Waals surface area contributed by atoms with Crippen molar-refractivity contribution in [3.05, 3.63) is 41.5 Å². The highest BCUT2D eigenvalue weighted by Gasteiger charge is 2.22. The van der Waals surface area contributed by atoms with Gasteiger partial charge in [-0.05, 0) is 24.6 Å². The van der Waals surface area contributed by atoms with E-state index in [1.807, 2.05) is 18.7 Å². The summed E-state index contributed by atoms with van der Waals surface area (Å²) in [6.45, 7) is 9.40. The summed E-state index contributed by atoms with van der Waals surface area (Å²) in [5, 5.41) is 3.94. The lowest BCUT2D eigenvalue weighted by Gasteiger charge is -2.36. The average molecular weight is 342 g/mol. The zero-order valence-corrected chi connectivity index (χ0v) is 15.2. The molecule has 2 heterocycles. The number of hydrogen-bond donors (Lipinski definition) is 0. The standard InChI is InChI=1S/C19H26N4O2/c1-14(2)19-20-17(25-21-19)7-8-18(24)23-11-9-22(10-12-23)16-6-4-5-15(3)13-16/h4-6,13-14H,7-12H2,1-3H3. The Morgan fingerprint density at radius 3 is 2.64 bits per heavy atom. The van der Waals surface area contributed by atoms with Gasteiger partial charge in [0, 0.05) is 50.6 Å². The van der Waals surface area contributed by atoms with Crippen LogP contribution in [0.25, 0.3) is 0 Å². The fraction of sp³-hybridized carbons (Fsp3) is 0.526. The van der Waals surface area contributed by atoms with E-state index in [2.05, 4.69) is 46.2 Å². The van der Waals surface area contributed by atoms with E-state index in [-0.39, 0.29) is 11.8 Å². The van der Waals surface area contributed by atoms with Crippen LogP contribution >= 0.6 is 0 Å². The first-order valence-corrected chi connectivity index (χ1v) is 8.95. The lowest BCUT2D eigenvalue weighted by Crippen LogP contribution is -2.48. The lowest BCUT2D eigenvalue weighted by molar-refractivity contribution is -0.131. The van der Waals surface area contributed by atoms with Gasteiger partial charge in [0.05, 0.1) is 0 Å². The Morgan fingerprint density at radius 1 is 1.24 bits per heavy atom. The third kappa shape index (κ3) is 4.38. The Hall–Kier alpha value is -2.37. The predicted molar refractivity (Wildman–Crippen MR) is 96.7 cm³/mol. The van der Waals surface area contributed by atoms with E-state index in [9.17, 15) is 4.79 Å². The molecule has 0 bridgehead atoms. The van der Waals surface area contributed by atoms with Gasteiger partial charge in [0.15, 0.2) is 5.82 Å². The number of hydrogen-bond acceptors (Lipinski definition) is 5. The van der Waals surface area contributed by atoms with Gasteiger partial charge in [0.2, 0.25) is 11.8 Å². The van der Waals surface area contributed by atoms with Crippen molar-refractivity contribution in [3.63, 3.8) is 0 Å². The van der Waals surface area contributed by atoms with Crippen molar-refractivity contribution < 1.29 is 9.32 Å². The number of anilines is 1. The van der Waals surface area contributed by atoms with Crippen molar-refractivity contribution in [2.75, 3.05) is 31.1 Å². The number of amides is 1. The molecule has 0 N–H and O–H groups in total. The monoisotopic (exact) mass is 342 g/mol. The number of rotatable bonds is 5. The molecule has 6 heteroatoms. The SMILES string of the molecule is Cc1cccc(N2CCN(C(=O)CCc3nc(C(C)C)no3)CC2)c1. The van der Waals surface area contributed by atoms with E-state index in [0.717, 1.165) is 26.2 Å². The summed E-state index contributed by atoms with van der Waals surface area (Å²) in [6, 6.07) is 8.51. The Balaban J connectivity index is 1.48. The molecule has 134 valence electrons. The zero-order valence-electron chi connectivity index (χ0n) is 15.2. The molecule has 1 aliphatic heterocycles. The summed E-state index contributed by atoms with van der Waals surface area (Å²) >= 11 is 0. The van der Waals surface area contributed by atoms with E-state index in [1.54, 1.807) is 0 Å². The number of benzene rings is 1. The Bertz CT molecular complexity index is 718. The fourth-order valence-corrected chi connectivity index (χ4v) is 3.01. The number of carbonyl (C=O) groups excluding carboxylic acids is 1. The van der Waals surface area contributed by atoms with Crippen LogP contribution in [0.2, 0.25) is 0 Å². The number of aryl methyl sites for hydroxylation is 2. The molecule has 1 aliphatic rings. The molecule has 0 unspecified atom stereocenters. The fourth-order valence-electron chi connectivity index (χ4n) is 3.01. The summed E-state index contributed by atoms with van der Waals surface area (Å²) in [7, 11) is 0. The van der Waals surface area contributed by atoms with Gasteiger partial charge >= 0.3 is 0 Å². The highest BCUT2D eigenvalue weighted by molar-refractivity contribution is 5.76. The van der Waals surface area contributed by atoms with Gasteiger partial charge in [-0.3, -0.25) is 4.79 Å². The van der Waals surface area contributed by atoms with Crippen molar-refractivity contribution in [1.29, 1.82) is 0 Å². The molecule has 0 saturated carbocycles. The number of carbonyl (C=O) groups is 1. The Morgan fingerprint density at radius 2 is 2.00 bits per heavy atom. The maximum absolute atomic E-state index is 12.4. The average Bonchev–Trinajstić information content (AvgIpc) is 3.09. The van der Waals surface area contributed by atoms with Crippen molar-refractivity contribution in [2.45, 2.75) is 39.5 Å². The second-order valence-corrected chi connectivity index (χ2v) is 6.91. The molecule has 1 aromatic carbocycles. The summed E-state index contributed by atoms with van der Waals surface area (Å²) in [5.74, 6) is 1.65. The van der Waals surface area contributed by atoms with Gasteiger partial charge in [0.25, 0.3) is 0 Å². The third-order valence-corrected chi connectivity index (χ3v) is 4.55. The van der Waals surface area contributed by atoms with Gasteiger partial charge in [-0.25, -0.2) is 0 Å². The molecule has 1 fully saturated rings. The number of piperazine rings is 1. The topological polar surface area (TPSA) is 62.5 Å². The molecule has 0 radical (unpaired) electrons. The van der Waals surface area contributed by atoms with Crippen LogP contribution in [0.5, 0.6) is 0 Å². The van der Waals surface area contributed by atoms with Gasteiger partial charge in [0.1, 0.15) is 0 Å². The smallest absolute Gasteiger partial charge is 0.227 e. The highest BCUT2D eigenvalue weighted by atomic mass is 16.5. The van der Waals surface area contributed by atoms with Crippen molar-refractivity contribution in [2.24, 2.45) is 0 Å². The summed E-state index contributed by atoms with van der Waals surface area (Å²) in [5.41, 5.74) is 2.50. The molecule has 25 heavy (non-hydrogen) atoms. The highest BCUT2D eigenvalue weighted by Crippen LogP contribution is 2.18. The summed E-state index contributed by atoms with van der Waals surface area (Å²) in [6.07, 6.45) is 0.931. The lowest BCUT2D eigenvalue weighted by atomic mass is 10.2. The van der Waals surface area contributed by atoms with Crippen LogP contribution < -0.4 is 4.90 Å². The maximum atomic E-state index is 12.4. The normalized spacial score (nSPS) is 15.0. The maximum Gasteiger partial charge on any atom is 0.227 e. The first-order chi connectivity index (χ1) is 12.0. The van der Waals surface area contributed by atoms with Crippen LogP contribution in [-0.2, 0) is 11.2 Å². The molecule has 3 rings (SSSR count). The quantitative estimate of drug-likeness (QED) is 0.836. The molecule has 6 nitrogen and oxygen atoms in total. The van der Waals surface area contributed by atoms with Gasteiger partial charge < -0.3 is 14.3 Å². The molecule has 2 aromatic rings. The minimum atomic E-state index is 0.160. The largest absolute Gasteiger partial charge is 0.368 e. The second kappa shape index (κ2) is 7.68. The molecule has 0 atom stereocenters. The van der Waals surface area contributed by atoms with E-state index in [4.69, 9.17) is 4.52 Å². The minimum Gasteiger partial charge on any atom is -0.368 e.